The molecule has 0 unspecified atom stereocenters. The number of unbranched alkanes of at least 4 members (excludes halogenated alkanes) is 4. The largest absolute Gasteiger partial charge is 0.497 e. The van der Waals surface area contributed by atoms with Crippen LogP contribution in [-0.4, -0.2) is 36.0 Å². The van der Waals surface area contributed by atoms with Crippen LogP contribution >= 0.6 is 0 Å². The molecule has 1 amide bonds. The summed E-state index contributed by atoms with van der Waals surface area (Å²) in [4.78, 5) is 17.9. The lowest BCUT2D eigenvalue weighted by atomic mass is 9.89. The summed E-state index contributed by atoms with van der Waals surface area (Å²) in [6.07, 6.45) is 11.0. The molecule has 4 heteroatoms. The standard InChI is InChI=1S/C22H32N2O2/c1-3-4-5-6-7-8-22(25)24-13-11-17(12-14-24)20-16-23-21-10-9-18(26-2)15-19(20)21/h9-10,15-17,23H,3-8,11-14H2,1-2H3. The van der Waals surface area contributed by atoms with Crippen molar-refractivity contribution in [1.29, 1.82) is 0 Å². The molecule has 142 valence electrons. The summed E-state index contributed by atoms with van der Waals surface area (Å²) in [7, 11) is 1.71. The number of nitrogens with one attached hydrogen (secondary N) is 1. The van der Waals surface area contributed by atoms with Crippen molar-refractivity contribution in [3.63, 3.8) is 0 Å². The zero-order valence-corrected chi connectivity index (χ0v) is 16.2. The molecule has 0 radical (unpaired) electrons. The molecule has 4 nitrogen and oxygen atoms in total. The number of fused-ring (bicyclic) bond motifs is 1. The van der Waals surface area contributed by atoms with Gasteiger partial charge in [0, 0.05) is 36.6 Å². The topological polar surface area (TPSA) is 45.3 Å². The molecule has 0 aliphatic carbocycles. The predicted molar refractivity (Wildman–Crippen MR) is 107 cm³/mol. The van der Waals surface area contributed by atoms with Gasteiger partial charge in [-0.05, 0) is 48.9 Å². The van der Waals surface area contributed by atoms with Crippen LogP contribution in [0.25, 0.3) is 10.9 Å². The molecule has 1 saturated heterocycles. The van der Waals surface area contributed by atoms with E-state index in [0.717, 1.165) is 50.0 Å². The maximum absolute atomic E-state index is 12.4. The Kier molecular flexibility index (Phi) is 6.59. The van der Waals surface area contributed by atoms with Gasteiger partial charge in [-0.3, -0.25) is 4.79 Å². The van der Waals surface area contributed by atoms with E-state index in [9.17, 15) is 4.79 Å². The average molecular weight is 357 g/mol. The summed E-state index contributed by atoms with van der Waals surface area (Å²) in [6, 6.07) is 6.19. The molecule has 3 rings (SSSR count). The minimum Gasteiger partial charge on any atom is -0.497 e. The molecule has 0 atom stereocenters. The highest BCUT2D eigenvalue weighted by molar-refractivity contribution is 5.85. The zero-order valence-electron chi connectivity index (χ0n) is 16.2. The monoisotopic (exact) mass is 356 g/mol. The molecular formula is C22H32N2O2. The third-order valence-electron chi connectivity index (χ3n) is 5.70. The van der Waals surface area contributed by atoms with Crippen LogP contribution in [0.15, 0.2) is 24.4 Å². The summed E-state index contributed by atoms with van der Waals surface area (Å²) in [6.45, 7) is 3.99. The van der Waals surface area contributed by atoms with Crippen molar-refractivity contribution in [3.8, 4) is 5.75 Å². The Morgan fingerprint density at radius 2 is 1.96 bits per heavy atom. The van der Waals surface area contributed by atoms with Crippen molar-refractivity contribution in [2.75, 3.05) is 20.2 Å². The van der Waals surface area contributed by atoms with E-state index in [-0.39, 0.29) is 0 Å². The lowest BCUT2D eigenvalue weighted by Crippen LogP contribution is -2.37. The number of hydrogen-bond donors (Lipinski definition) is 1. The number of nitrogens with zero attached hydrogens (tertiary/aromatic N) is 1. The van der Waals surface area contributed by atoms with Crippen molar-refractivity contribution in [3.05, 3.63) is 30.0 Å². The van der Waals surface area contributed by atoms with Crippen molar-refractivity contribution in [2.45, 2.75) is 64.2 Å². The van der Waals surface area contributed by atoms with E-state index >= 15 is 0 Å². The van der Waals surface area contributed by atoms with Crippen LogP contribution < -0.4 is 4.74 Å². The number of rotatable bonds is 8. The molecule has 2 heterocycles. The second kappa shape index (κ2) is 9.11. The van der Waals surface area contributed by atoms with E-state index in [0.29, 0.717) is 11.8 Å². The highest BCUT2D eigenvalue weighted by atomic mass is 16.5. The second-order valence-electron chi connectivity index (χ2n) is 7.47. The highest BCUT2D eigenvalue weighted by Crippen LogP contribution is 2.34. The zero-order chi connectivity index (χ0) is 18.4. The maximum atomic E-state index is 12.4. The first-order chi connectivity index (χ1) is 12.7. The Hall–Kier alpha value is -1.97. The van der Waals surface area contributed by atoms with Gasteiger partial charge in [0.1, 0.15) is 5.75 Å². The number of carbonyl (C=O) groups is 1. The fraction of sp³-hybridized carbons (Fsp3) is 0.591. The van der Waals surface area contributed by atoms with E-state index in [1.807, 2.05) is 6.07 Å². The molecule has 1 aromatic carbocycles. The number of likely N-dealkylation sites (tertiary alicyclic amines) is 1. The quantitative estimate of drug-likeness (QED) is 0.657. The number of aromatic amines is 1. The maximum Gasteiger partial charge on any atom is 0.222 e. The van der Waals surface area contributed by atoms with E-state index in [2.05, 4.69) is 35.1 Å². The minimum atomic E-state index is 0.348. The van der Waals surface area contributed by atoms with Gasteiger partial charge in [0.05, 0.1) is 7.11 Å². The van der Waals surface area contributed by atoms with Crippen molar-refractivity contribution >= 4 is 16.8 Å². The number of piperidine rings is 1. The molecule has 1 aliphatic heterocycles. The van der Waals surface area contributed by atoms with Crippen molar-refractivity contribution in [2.24, 2.45) is 0 Å². The Bertz CT molecular complexity index is 714. The normalized spacial score (nSPS) is 15.5. The van der Waals surface area contributed by atoms with Gasteiger partial charge in [0.15, 0.2) is 0 Å². The van der Waals surface area contributed by atoms with Gasteiger partial charge >= 0.3 is 0 Å². The lowest BCUT2D eigenvalue weighted by Gasteiger charge is -2.32. The Morgan fingerprint density at radius 3 is 2.69 bits per heavy atom. The Labute approximate surface area is 156 Å². The predicted octanol–water partition coefficient (Wildman–Crippen LogP) is 5.24. The average Bonchev–Trinajstić information content (AvgIpc) is 3.10. The van der Waals surface area contributed by atoms with Crippen LogP contribution in [0.4, 0.5) is 0 Å². The van der Waals surface area contributed by atoms with Crippen LogP contribution in [-0.2, 0) is 4.79 Å². The van der Waals surface area contributed by atoms with E-state index in [1.165, 1.54) is 36.6 Å². The van der Waals surface area contributed by atoms with Gasteiger partial charge in [-0.15, -0.1) is 0 Å². The molecule has 26 heavy (non-hydrogen) atoms. The molecule has 2 aromatic rings. The summed E-state index contributed by atoms with van der Waals surface area (Å²) in [5, 5.41) is 1.25. The van der Waals surface area contributed by atoms with Crippen LogP contribution in [0.1, 0.15) is 69.8 Å². The van der Waals surface area contributed by atoms with Crippen LogP contribution in [0.2, 0.25) is 0 Å². The molecule has 0 bridgehead atoms. The van der Waals surface area contributed by atoms with Gasteiger partial charge in [-0.2, -0.15) is 0 Å². The summed E-state index contributed by atoms with van der Waals surface area (Å²) in [5.41, 5.74) is 2.52. The molecular weight excluding hydrogens is 324 g/mol. The number of carbonyl (C=O) groups excluding carboxylic acids is 1. The third-order valence-corrected chi connectivity index (χ3v) is 5.70. The second-order valence-corrected chi connectivity index (χ2v) is 7.47. The van der Waals surface area contributed by atoms with Gasteiger partial charge in [-0.25, -0.2) is 0 Å². The van der Waals surface area contributed by atoms with Crippen molar-refractivity contribution < 1.29 is 9.53 Å². The van der Waals surface area contributed by atoms with Crippen molar-refractivity contribution in [1.82, 2.24) is 9.88 Å². The molecule has 0 spiro atoms. The molecule has 1 fully saturated rings. The SMILES string of the molecule is CCCCCCCC(=O)N1CCC(c2c[nH]c3ccc(OC)cc23)CC1. The number of H-pyrrole nitrogens is 1. The fourth-order valence-corrected chi connectivity index (χ4v) is 4.06. The molecule has 1 aromatic heterocycles. The summed E-state index contributed by atoms with van der Waals surface area (Å²) < 4.78 is 5.38. The molecule has 1 N–H and O–H groups in total. The molecule has 0 saturated carbocycles. The van der Waals surface area contributed by atoms with Gasteiger partial charge in [0.2, 0.25) is 5.91 Å². The van der Waals surface area contributed by atoms with Gasteiger partial charge in [-0.1, -0.05) is 32.6 Å². The highest BCUT2D eigenvalue weighted by Gasteiger charge is 2.25. The molecule has 1 aliphatic rings. The number of aromatic nitrogens is 1. The Balaban J connectivity index is 1.53. The first-order valence-corrected chi connectivity index (χ1v) is 10.2. The van der Waals surface area contributed by atoms with E-state index < -0.39 is 0 Å². The first-order valence-electron chi connectivity index (χ1n) is 10.2. The number of amides is 1. The smallest absolute Gasteiger partial charge is 0.222 e. The van der Waals surface area contributed by atoms with Crippen LogP contribution in [0.3, 0.4) is 0 Å². The van der Waals surface area contributed by atoms with E-state index in [4.69, 9.17) is 4.74 Å². The number of methoxy groups -OCH3 is 1. The number of hydrogen-bond acceptors (Lipinski definition) is 2. The van der Waals surface area contributed by atoms with Crippen LogP contribution in [0.5, 0.6) is 5.75 Å². The fourth-order valence-electron chi connectivity index (χ4n) is 4.06. The first kappa shape index (κ1) is 18.8. The number of ether oxygens (including phenoxy) is 1. The third kappa shape index (κ3) is 4.40. The number of benzene rings is 1. The van der Waals surface area contributed by atoms with Gasteiger partial charge < -0.3 is 14.6 Å². The minimum absolute atomic E-state index is 0.348. The Morgan fingerprint density at radius 1 is 1.19 bits per heavy atom. The lowest BCUT2D eigenvalue weighted by molar-refractivity contribution is -0.132. The summed E-state index contributed by atoms with van der Waals surface area (Å²) in [5.74, 6) is 1.76. The van der Waals surface area contributed by atoms with Crippen LogP contribution in [0, 0.1) is 0 Å². The van der Waals surface area contributed by atoms with Gasteiger partial charge in [0.25, 0.3) is 0 Å². The van der Waals surface area contributed by atoms with E-state index in [1.54, 1.807) is 7.11 Å². The summed E-state index contributed by atoms with van der Waals surface area (Å²) >= 11 is 0.